The van der Waals surface area contributed by atoms with Crippen molar-refractivity contribution in [2.24, 2.45) is 4.99 Å². The summed E-state index contributed by atoms with van der Waals surface area (Å²) >= 11 is 0. The SMILES string of the molecule is C=C1N=C(c2ccc(C)c(C3=C(C)C=CCC3)c2)/C=C\CN(C(=C)/C=C(\CCC)c2ccccc2)C(C)/C1=C\C=C/C. The Labute approximate surface area is 254 Å². The lowest BCUT2D eigenvalue weighted by Gasteiger charge is -2.32. The van der Waals surface area contributed by atoms with E-state index in [0.29, 0.717) is 0 Å². The molecule has 216 valence electrons. The lowest BCUT2D eigenvalue weighted by Crippen LogP contribution is -2.33. The third-order valence-corrected chi connectivity index (χ3v) is 8.19. The highest BCUT2D eigenvalue weighted by Gasteiger charge is 2.22. The van der Waals surface area contributed by atoms with Crippen molar-refractivity contribution in [1.29, 1.82) is 0 Å². The molecule has 1 heterocycles. The molecule has 0 radical (unpaired) electrons. The fourth-order valence-electron chi connectivity index (χ4n) is 5.80. The summed E-state index contributed by atoms with van der Waals surface area (Å²) in [5.74, 6) is 0. The van der Waals surface area contributed by atoms with Gasteiger partial charge < -0.3 is 4.90 Å². The maximum Gasteiger partial charge on any atom is 0.0706 e. The number of hydrogen-bond acceptors (Lipinski definition) is 2. The van der Waals surface area contributed by atoms with Crippen LogP contribution in [0.3, 0.4) is 0 Å². The number of allylic oxidation sites excluding steroid dienone is 10. The van der Waals surface area contributed by atoms with E-state index < -0.39 is 0 Å². The lowest BCUT2D eigenvalue weighted by atomic mass is 9.88. The van der Waals surface area contributed by atoms with Crippen LogP contribution in [0.15, 0.2) is 138 Å². The van der Waals surface area contributed by atoms with E-state index in [1.807, 2.05) is 6.92 Å². The van der Waals surface area contributed by atoms with Gasteiger partial charge in [0.05, 0.1) is 17.5 Å². The zero-order valence-corrected chi connectivity index (χ0v) is 26.2. The van der Waals surface area contributed by atoms with Crippen LogP contribution in [0.1, 0.15) is 75.6 Å². The van der Waals surface area contributed by atoms with Crippen molar-refractivity contribution in [3.8, 4) is 0 Å². The highest BCUT2D eigenvalue weighted by molar-refractivity contribution is 6.10. The Balaban J connectivity index is 1.75. The van der Waals surface area contributed by atoms with Crippen LogP contribution >= 0.6 is 0 Å². The fraction of sp³-hybridized carbons (Fsp3) is 0.275. The Morgan fingerprint density at radius 2 is 1.86 bits per heavy atom. The van der Waals surface area contributed by atoms with Crippen molar-refractivity contribution in [2.45, 2.75) is 66.3 Å². The Morgan fingerprint density at radius 3 is 2.57 bits per heavy atom. The molecule has 0 bridgehead atoms. The van der Waals surface area contributed by atoms with Crippen molar-refractivity contribution < 1.29 is 0 Å². The van der Waals surface area contributed by atoms with E-state index in [9.17, 15) is 0 Å². The number of aliphatic imine (C=N–C) groups is 1. The van der Waals surface area contributed by atoms with Gasteiger partial charge in [-0.3, -0.25) is 0 Å². The smallest absolute Gasteiger partial charge is 0.0706 e. The molecule has 2 heteroatoms. The summed E-state index contributed by atoms with van der Waals surface area (Å²) in [7, 11) is 0. The second-order valence-electron chi connectivity index (χ2n) is 11.2. The Hall–Kier alpha value is -4.17. The number of aryl methyl sites for hydroxylation is 1. The number of benzene rings is 2. The molecule has 1 atom stereocenters. The minimum Gasteiger partial charge on any atom is -0.361 e. The van der Waals surface area contributed by atoms with Crippen LogP contribution in [-0.4, -0.2) is 23.2 Å². The van der Waals surface area contributed by atoms with Crippen LogP contribution in [0.25, 0.3) is 11.1 Å². The predicted molar refractivity (Wildman–Crippen MR) is 184 cm³/mol. The fourth-order valence-corrected chi connectivity index (χ4v) is 5.80. The van der Waals surface area contributed by atoms with Gasteiger partial charge in [0.2, 0.25) is 0 Å². The molecular formula is C40H46N2. The van der Waals surface area contributed by atoms with Crippen molar-refractivity contribution in [3.05, 3.63) is 155 Å². The summed E-state index contributed by atoms with van der Waals surface area (Å²) in [4.78, 5) is 7.51. The van der Waals surface area contributed by atoms with Gasteiger partial charge in [-0.1, -0.05) is 105 Å². The van der Waals surface area contributed by atoms with Crippen molar-refractivity contribution >= 4 is 16.9 Å². The van der Waals surface area contributed by atoms with Crippen molar-refractivity contribution in [2.75, 3.05) is 6.54 Å². The summed E-state index contributed by atoms with van der Waals surface area (Å²) in [5, 5.41) is 0. The summed E-state index contributed by atoms with van der Waals surface area (Å²) in [6, 6.07) is 17.4. The van der Waals surface area contributed by atoms with Gasteiger partial charge in [-0.15, -0.1) is 0 Å². The first-order valence-electron chi connectivity index (χ1n) is 15.3. The topological polar surface area (TPSA) is 15.6 Å². The molecule has 0 saturated carbocycles. The molecule has 42 heavy (non-hydrogen) atoms. The first kappa shape index (κ1) is 30.8. The summed E-state index contributed by atoms with van der Waals surface area (Å²) in [5.41, 5.74) is 12.9. The minimum absolute atomic E-state index is 0.0410. The van der Waals surface area contributed by atoms with Gasteiger partial charge in [-0.05, 0) is 104 Å². The van der Waals surface area contributed by atoms with Crippen LogP contribution in [0, 0.1) is 6.92 Å². The third kappa shape index (κ3) is 7.36. The van der Waals surface area contributed by atoms with E-state index in [2.05, 4.69) is 143 Å². The van der Waals surface area contributed by atoms with Crippen LogP contribution in [0.4, 0.5) is 0 Å². The highest BCUT2D eigenvalue weighted by atomic mass is 15.2. The van der Waals surface area contributed by atoms with E-state index in [4.69, 9.17) is 4.99 Å². The quantitative estimate of drug-likeness (QED) is 0.296. The van der Waals surface area contributed by atoms with Gasteiger partial charge in [0.25, 0.3) is 0 Å². The van der Waals surface area contributed by atoms with Gasteiger partial charge in [-0.2, -0.15) is 0 Å². The molecular weight excluding hydrogens is 508 g/mol. The Bertz CT molecular complexity index is 1520. The number of nitrogens with zero attached hydrogens (tertiary/aromatic N) is 2. The van der Waals surface area contributed by atoms with Crippen LogP contribution in [0.5, 0.6) is 0 Å². The van der Waals surface area contributed by atoms with Gasteiger partial charge in [0, 0.05) is 17.8 Å². The summed E-state index contributed by atoms with van der Waals surface area (Å²) in [6.07, 6.45) is 21.7. The average molecular weight is 555 g/mol. The summed E-state index contributed by atoms with van der Waals surface area (Å²) in [6.45, 7) is 20.7. The largest absolute Gasteiger partial charge is 0.361 e. The first-order valence-corrected chi connectivity index (χ1v) is 15.3. The van der Waals surface area contributed by atoms with Gasteiger partial charge in [0.1, 0.15) is 0 Å². The molecule has 0 N–H and O–H groups in total. The zero-order valence-electron chi connectivity index (χ0n) is 26.2. The van der Waals surface area contributed by atoms with Gasteiger partial charge in [-0.25, -0.2) is 4.99 Å². The molecule has 0 fully saturated rings. The standard InChI is InChI=1S/C40H46N2/c1-8-10-21-38-32(6)41-40(36-25-24-30(4)39(28-36)37-22-15-14-18-29(37)3)23-16-26-42(33(38)7)31(5)27-35(17-9-2)34-19-12-11-13-20-34/h8,10-14,16,18-21,23-25,27-28,33H,5-6,9,15,17,22,26H2,1-4,7H3/b10-8-,23-16-,35-27+,38-21-,41-40?. The molecule has 1 unspecified atom stereocenters. The summed E-state index contributed by atoms with van der Waals surface area (Å²) < 4.78 is 0. The predicted octanol–water partition coefficient (Wildman–Crippen LogP) is 10.6. The Kier molecular flexibility index (Phi) is 10.7. The van der Waals surface area contributed by atoms with Crippen LogP contribution in [-0.2, 0) is 0 Å². The van der Waals surface area contributed by atoms with Gasteiger partial charge >= 0.3 is 0 Å². The van der Waals surface area contributed by atoms with Crippen molar-refractivity contribution in [3.63, 3.8) is 0 Å². The average Bonchev–Trinajstić information content (AvgIpc) is 3.05. The Morgan fingerprint density at radius 1 is 1.07 bits per heavy atom. The molecule has 0 aromatic heterocycles. The number of hydrogen-bond donors (Lipinski definition) is 0. The molecule has 0 spiro atoms. The van der Waals surface area contributed by atoms with E-state index in [-0.39, 0.29) is 6.04 Å². The molecule has 1 aliphatic carbocycles. The second-order valence-corrected chi connectivity index (χ2v) is 11.2. The maximum absolute atomic E-state index is 5.15. The van der Waals surface area contributed by atoms with Gasteiger partial charge in [0.15, 0.2) is 0 Å². The number of rotatable bonds is 8. The highest BCUT2D eigenvalue weighted by Crippen LogP contribution is 2.32. The maximum atomic E-state index is 5.15. The molecule has 0 saturated heterocycles. The van der Waals surface area contributed by atoms with E-state index in [1.54, 1.807) is 0 Å². The van der Waals surface area contributed by atoms with E-state index in [0.717, 1.165) is 60.5 Å². The molecule has 2 aliphatic rings. The van der Waals surface area contributed by atoms with Crippen LogP contribution < -0.4 is 0 Å². The zero-order chi connectivity index (χ0) is 30.1. The van der Waals surface area contributed by atoms with E-state index in [1.165, 1.54) is 33.4 Å². The van der Waals surface area contributed by atoms with Crippen LogP contribution in [0.2, 0.25) is 0 Å². The molecule has 2 aromatic carbocycles. The molecule has 4 rings (SSSR count). The first-order chi connectivity index (χ1) is 20.3. The lowest BCUT2D eigenvalue weighted by molar-refractivity contribution is 0.340. The second kappa shape index (κ2) is 14.6. The molecule has 1 aliphatic heterocycles. The molecule has 2 nitrogen and oxygen atoms in total. The van der Waals surface area contributed by atoms with Crippen molar-refractivity contribution in [1.82, 2.24) is 4.90 Å². The molecule has 0 amide bonds. The monoisotopic (exact) mass is 554 g/mol. The molecule has 2 aromatic rings. The minimum atomic E-state index is 0.0410. The normalized spacial score (nSPS) is 20.0. The third-order valence-electron chi connectivity index (χ3n) is 8.19. The van der Waals surface area contributed by atoms with E-state index >= 15 is 0 Å².